The molecule has 0 saturated carbocycles. The van der Waals surface area contributed by atoms with Crippen LogP contribution in [0.4, 0.5) is 0 Å². The maximum absolute atomic E-state index is 8.58. The molecule has 2 aliphatic heterocycles. The summed E-state index contributed by atoms with van der Waals surface area (Å²) in [6.45, 7) is 0. The minimum Gasteiger partial charge on any atom is -0.338 e. The molecule has 90 valence electrons. The van der Waals surface area contributed by atoms with E-state index in [1.54, 1.807) is 0 Å². The van der Waals surface area contributed by atoms with Gasteiger partial charge in [0.1, 0.15) is 6.42 Å². The standard InChI is InChI=1S/C12H16N4O/c1-16-9-2-3-10(16)7-8(6-9)12-14-11(4-5-13)17-15-12/h8-10H,2-4,6-7H2,1H3. The highest BCUT2D eigenvalue weighted by Gasteiger charge is 2.40. The van der Waals surface area contributed by atoms with Gasteiger partial charge in [-0.05, 0) is 32.7 Å². The largest absolute Gasteiger partial charge is 0.338 e. The molecule has 0 aromatic carbocycles. The Morgan fingerprint density at radius 2 is 2.12 bits per heavy atom. The molecule has 17 heavy (non-hydrogen) atoms. The number of rotatable bonds is 2. The Hall–Kier alpha value is -1.41. The number of nitrogens with zero attached hydrogens (tertiary/aromatic N) is 4. The summed E-state index contributed by atoms with van der Waals surface area (Å²) in [5, 5.41) is 12.6. The first-order valence-electron chi connectivity index (χ1n) is 6.19. The van der Waals surface area contributed by atoms with Crippen molar-refractivity contribution in [1.82, 2.24) is 15.0 Å². The van der Waals surface area contributed by atoms with Crippen molar-refractivity contribution in [1.29, 1.82) is 5.26 Å². The summed E-state index contributed by atoms with van der Waals surface area (Å²) in [4.78, 5) is 6.82. The van der Waals surface area contributed by atoms with Crippen molar-refractivity contribution in [3.63, 3.8) is 0 Å². The molecule has 1 aromatic heterocycles. The highest BCUT2D eigenvalue weighted by atomic mass is 16.5. The van der Waals surface area contributed by atoms with E-state index >= 15 is 0 Å². The molecule has 0 radical (unpaired) electrons. The third-order valence-corrected chi connectivity index (χ3v) is 4.18. The van der Waals surface area contributed by atoms with E-state index in [0.29, 0.717) is 23.9 Å². The predicted octanol–water partition coefficient (Wildman–Crippen LogP) is 1.48. The van der Waals surface area contributed by atoms with Gasteiger partial charge in [0.25, 0.3) is 0 Å². The second kappa shape index (κ2) is 4.11. The zero-order valence-corrected chi connectivity index (χ0v) is 9.96. The van der Waals surface area contributed by atoms with E-state index < -0.39 is 0 Å². The van der Waals surface area contributed by atoms with Gasteiger partial charge in [-0.2, -0.15) is 10.2 Å². The van der Waals surface area contributed by atoms with Crippen LogP contribution in [0.3, 0.4) is 0 Å². The molecule has 2 unspecified atom stereocenters. The molecule has 0 amide bonds. The summed E-state index contributed by atoms with van der Waals surface area (Å²) in [5.74, 6) is 1.67. The van der Waals surface area contributed by atoms with Gasteiger partial charge in [0.15, 0.2) is 5.82 Å². The van der Waals surface area contributed by atoms with Gasteiger partial charge >= 0.3 is 0 Å². The summed E-state index contributed by atoms with van der Waals surface area (Å²) < 4.78 is 5.08. The number of fused-ring (bicyclic) bond motifs is 2. The van der Waals surface area contributed by atoms with E-state index in [0.717, 1.165) is 18.7 Å². The van der Waals surface area contributed by atoms with E-state index in [1.807, 2.05) is 6.07 Å². The van der Waals surface area contributed by atoms with E-state index in [2.05, 4.69) is 22.1 Å². The second-order valence-corrected chi connectivity index (χ2v) is 5.10. The average Bonchev–Trinajstić information content (AvgIpc) is 2.83. The van der Waals surface area contributed by atoms with Gasteiger partial charge in [-0.1, -0.05) is 5.16 Å². The van der Waals surface area contributed by atoms with Crippen LogP contribution in [-0.4, -0.2) is 34.2 Å². The quantitative estimate of drug-likeness (QED) is 0.772. The molecule has 2 saturated heterocycles. The van der Waals surface area contributed by atoms with Gasteiger partial charge in [-0.15, -0.1) is 0 Å². The summed E-state index contributed by atoms with van der Waals surface area (Å²) in [5.41, 5.74) is 0. The third kappa shape index (κ3) is 1.83. The Balaban J connectivity index is 1.75. The number of hydrogen-bond acceptors (Lipinski definition) is 5. The van der Waals surface area contributed by atoms with Crippen LogP contribution in [0.15, 0.2) is 4.52 Å². The number of nitriles is 1. The highest BCUT2D eigenvalue weighted by molar-refractivity contribution is 5.06. The average molecular weight is 232 g/mol. The Morgan fingerprint density at radius 1 is 1.41 bits per heavy atom. The molecule has 2 fully saturated rings. The number of aromatic nitrogens is 2. The van der Waals surface area contributed by atoms with Crippen molar-refractivity contribution in [3.05, 3.63) is 11.7 Å². The maximum Gasteiger partial charge on any atom is 0.240 e. The van der Waals surface area contributed by atoms with Crippen LogP contribution < -0.4 is 0 Å². The zero-order valence-electron chi connectivity index (χ0n) is 9.96. The molecule has 1 aromatic rings. The van der Waals surface area contributed by atoms with Crippen LogP contribution in [0.1, 0.15) is 43.3 Å². The van der Waals surface area contributed by atoms with Gasteiger partial charge in [0.05, 0.1) is 6.07 Å². The summed E-state index contributed by atoms with van der Waals surface area (Å²) >= 11 is 0. The van der Waals surface area contributed by atoms with Crippen molar-refractivity contribution >= 4 is 0 Å². The molecule has 3 heterocycles. The Labute approximate surface area is 100 Å². The summed E-state index contributed by atoms with van der Waals surface area (Å²) in [6.07, 6.45) is 5.05. The molecular weight excluding hydrogens is 216 g/mol. The Morgan fingerprint density at radius 3 is 2.76 bits per heavy atom. The minimum atomic E-state index is 0.215. The minimum absolute atomic E-state index is 0.215. The Kier molecular flexibility index (Phi) is 2.60. The topological polar surface area (TPSA) is 66.0 Å². The van der Waals surface area contributed by atoms with E-state index in [9.17, 15) is 0 Å². The molecule has 0 aliphatic carbocycles. The lowest BCUT2D eigenvalue weighted by molar-refractivity contribution is 0.157. The van der Waals surface area contributed by atoms with E-state index in [-0.39, 0.29) is 6.42 Å². The first kappa shape index (κ1) is 10.7. The lowest BCUT2D eigenvalue weighted by atomic mass is 9.90. The summed E-state index contributed by atoms with van der Waals surface area (Å²) in [7, 11) is 2.22. The molecule has 2 bridgehead atoms. The second-order valence-electron chi connectivity index (χ2n) is 5.10. The molecule has 0 N–H and O–H groups in total. The van der Waals surface area contributed by atoms with Gasteiger partial charge in [-0.25, -0.2) is 0 Å². The van der Waals surface area contributed by atoms with Crippen LogP contribution in [-0.2, 0) is 6.42 Å². The van der Waals surface area contributed by atoms with Gasteiger partial charge in [0.2, 0.25) is 5.89 Å². The number of piperidine rings is 1. The van der Waals surface area contributed by atoms with Crippen molar-refractivity contribution in [2.24, 2.45) is 0 Å². The maximum atomic E-state index is 8.58. The monoisotopic (exact) mass is 232 g/mol. The van der Waals surface area contributed by atoms with Crippen LogP contribution >= 0.6 is 0 Å². The predicted molar refractivity (Wildman–Crippen MR) is 60.2 cm³/mol. The number of hydrogen-bond donors (Lipinski definition) is 0. The zero-order chi connectivity index (χ0) is 11.8. The van der Waals surface area contributed by atoms with Gasteiger partial charge < -0.3 is 9.42 Å². The van der Waals surface area contributed by atoms with Crippen molar-refractivity contribution in [2.75, 3.05) is 7.05 Å². The molecular formula is C12H16N4O. The molecule has 3 rings (SSSR count). The fourth-order valence-corrected chi connectivity index (χ4v) is 3.20. The van der Waals surface area contributed by atoms with Gasteiger partial charge in [-0.3, -0.25) is 0 Å². The lowest BCUT2D eigenvalue weighted by Gasteiger charge is -2.34. The fraction of sp³-hybridized carbons (Fsp3) is 0.750. The fourth-order valence-electron chi connectivity index (χ4n) is 3.20. The van der Waals surface area contributed by atoms with Crippen molar-refractivity contribution < 1.29 is 4.52 Å². The summed E-state index contributed by atoms with van der Waals surface area (Å²) in [6, 6.07) is 3.39. The highest BCUT2D eigenvalue weighted by Crippen LogP contribution is 2.41. The molecule has 2 atom stereocenters. The van der Waals surface area contributed by atoms with Crippen LogP contribution in [0.25, 0.3) is 0 Å². The van der Waals surface area contributed by atoms with Crippen molar-refractivity contribution in [3.8, 4) is 6.07 Å². The Bertz CT molecular complexity index is 436. The van der Waals surface area contributed by atoms with Crippen molar-refractivity contribution in [2.45, 2.75) is 50.1 Å². The van der Waals surface area contributed by atoms with Crippen LogP contribution in [0.5, 0.6) is 0 Å². The van der Waals surface area contributed by atoms with E-state index in [1.165, 1.54) is 12.8 Å². The first-order chi connectivity index (χ1) is 8.28. The first-order valence-corrected chi connectivity index (χ1v) is 6.19. The molecule has 2 aliphatic rings. The SMILES string of the molecule is CN1C2CCC1CC(c1noc(CC#N)n1)C2. The van der Waals surface area contributed by atoms with Crippen LogP contribution in [0.2, 0.25) is 0 Å². The molecule has 5 heteroatoms. The lowest BCUT2D eigenvalue weighted by Crippen LogP contribution is -2.39. The molecule has 5 nitrogen and oxygen atoms in total. The van der Waals surface area contributed by atoms with Crippen LogP contribution in [0, 0.1) is 11.3 Å². The van der Waals surface area contributed by atoms with E-state index in [4.69, 9.17) is 9.78 Å². The van der Waals surface area contributed by atoms with Gasteiger partial charge in [0, 0.05) is 18.0 Å². The third-order valence-electron chi connectivity index (χ3n) is 4.18. The normalized spacial score (nSPS) is 32.6. The smallest absolute Gasteiger partial charge is 0.240 e. The molecule has 0 spiro atoms.